The first-order valence-electron chi connectivity index (χ1n) is 6.69. The largest absolute Gasteiger partial charge is 0.0654 e. The highest BCUT2D eigenvalue weighted by atomic mass is 14.4. The van der Waals surface area contributed by atoms with Crippen LogP contribution in [0, 0.1) is 23.7 Å². The molecule has 14 heavy (non-hydrogen) atoms. The van der Waals surface area contributed by atoms with E-state index in [0.29, 0.717) is 0 Å². The van der Waals surface area contributed by atoms with Crippen LogP contribution in [-0.2, 0) is 0 Å². The summed E-state index contributed by atoms with van der Waals surface area (Å²) in [5.41, 5.74) is 0. The smallest absolute Gasteiger partial charge is 0.0358 e. The highest BCUT2D eigenvalue weighted by Crippen LogP contribution is 2.42. The Bertz CT molecular complexity index is 150. The molecule has 0 amide bonds. The van der Waals surface area contributed by atoms with Gasteiger partial charge in [0.1, 0.15) is 0 Å². The SMILES string of the molecule is CCCCC(CC)C1CC(C)CC1C. The van der Waals surface area contributed by atoms with Crippen molar-refractivity contribution in [3.05, 3.63) is 0 Å². The highest BCUT2D eigenvalue weighted by Gasteiger charge is 2.33. The Labute approximate surface area is 90.5 Å². The molecular formula is C14H28. The van der Waals surface area contributed by atoms with Gasteiger partial charge in [0, 0.05) is 0 Å². The van der Waals surface area contributed by atoms with Crippen LogP contribution in [0.4, 0.5) is 0 Å². The summed E-state index contributed by atoms with van der Waals surface area (Å²) < 4.78 is 0. The lowest BCUT2D eigenvalue weighted by atomic mass is 9.80. The first-order chi connectivity index (χ1) is 6.69. The molecule has 4 unspecified atom stereocenters. The summed E-state index contributed by atoms with van der Waals surface area (Å²) in [6, 6.07) is 0. The Hall–Kier alpha value is 0. The van der Waals surface area contributed by atoms with Crippen molar-refractivity contribution >= 4 is 0 Å². The van der Waals surface area contributed by atoms with Gasteiger partial charge in [0.2, 0.25) is 0 Å². The van der Waals surface area contributed by atoms with E-state index in [1.54, 1.807) is 0 Å². The van der Waals surface area contributed by atoms with Crippen molar-refractivity contribution in [2.45, 2.75) is 66.2 Å². The average Bonchev–Trinajstić information content (AvgIpc) is 2.47. The summed E-state index contributed by atoms with van der Waals surface area (Å²) >= 11 is 0. The maximum Gasteiger partial charge on any atom is -0.0358 e. The van der Waals surface area contributed by atoms with Crippen LogP contribution in [0.2, 0.25) is 0 Å². The van der Waals surface area contributed by atoms with Crippen molar-refractivity contribution in [1.82, 2.24) is 0 Å². The number of unbranched alkanes of at least 4 members (excludes halogenated alkanes) is 1. The van der Waals surface area contributed by atoms with E-state index in [-0.39, 0.29) is 0 Å². The first-order valence-corrected chi connectivity index (χ1v) is 6.69. The third kappa shape index (κ3) is 3.00. The molecule has 0 N–H and O–H groups in total. The minimum Gasteiger partial charge on any atom is -0.0654 e. The van der Waals surface area contributed by atoms with Crippen LogP contribution in [0.25, 0.3) is 0 Å². The monoisotopic (exact) mass is 196 g/mol. The first kappa shape index (κ1) is 12.1. The van der Waals surface area contributed by atoms with E-state index < -0.39 is 0 Å². The Morgan fingerprint density at radius 3 is 2.29 bits per heavy atom. The van der Waals surface area contributed by atoms with E-state index in [9.17, 15) is 0 Å². The lowest BCUT2D eigenvalue weighted by Gasteiger charge is -2.25. The van der Waals surface area contributed by atoms with Crippen molar-refractivity contribution in [3.63, 3.8) is 0 Å². The third-order valence-electron chi connectivity index (χ3n) is 4.24. The zero-order chi connectivity index (χ0) is 10.6. The molecule has 0 aromatic heterocycles. The molecular weight excluding hydrogens is 168 g/mol. The minimum absolute atomic E-state index is 0.991. The van der Waals surface area contributed by atoms with E-state index in [0.717, 1.165) is 23.7 Å². The van der Waals surface area contributed by atoms with Crippen molar-refractivity contribution in [2.75, 3.05) is 0 Å². The molecule has 0 bridgehead atoms. The van der Waals surface area contributed by atoms with Gasteiger partial charge in [-0.15, -0.1) is 0 Å². The minimum atomic E-state index is 0.991. The normalized spacial score (nSPS) is 34.7. The third-order valence-corrected chi connectivity index (χ3v) is 4.24. The molecule has 0 heterocycles. The second-order valence-corrected chi connectivity index (χ2v) is 5.53. The number of hydrogen-bond acceptors (Lipinski definition) is 0. The summed E-state index contributed by atoms with van der Waals surface area (Å²) in [6.07, 6.45) is 8.68. The molecule has 0 aliphatic heterocycles. The van der Waals surface area contributed by atoms with Crippen LogP contribution in [0.5, 0.6) is 0 Å². The van der Waals surface area contributed by atoms with Gasteiger partial charge in [-0.1, -0.05) is 53.4 Å². The average molecular weight is 196 g/mol. The molecule has 0 aromatic rings. The van der Waals surface area contributed by atoms with Crippen molar-refractivity contribution in [1.29, 1.82) is 0 Å². The van der Waals surface area contributed by atoms with Gasteiger partial charge in [-0.2, -0.15) is 0 Å². The molecule has 4 atom stereocenters. The van der Waals surface area contributed by atoms with Crippen LogP contribution in [-0.4, -0.2) is 0 Å². The van der Waals surface area contributed by atoms with E-state index in [1.807, 2.05) is 0 Å². The van der Waals surface area contributed by atoms with Gasteiger partial charge in [-0.25, -0.2) is 0 Å². The van der Waals surface area contributed by atoms with Gasteiger partial charge < -0.3 is 0 Å². The molecule has 1 aliphatic rings. The van der Waals surface area contributed by atoms with Gasteiger partial charge in [-0.05, 0) is 36.5 Å². The molecule has 1 rings (SSSR count). The second-order valence-electron chi connectivity index (χ2n) is 5.53. The zero-order valence-corrected chi connectivity index (χ0v) is 10.6. The summed E-state index contributed by atoms with van der Waals surface area (Å²) in [5, 5.41) is 0. The predicted octanol–water partition coefficient (Wildman–Crippen LogP) is 4.89. The van der Waals surface area contributed by atoms with Crippen LogP contribution < -0.4 is 0 Å². The standard InChI is InChI=1S/C14H28/c1-5-7-8-13(6-2)14-10-11(3)9-12(14)4/h11-14H,5-10H2,1-4H3. The summed E-state index contributed by atoms with van der Waals surface area (Å²) in [7, 11) is 0. The summed E-state index contributed by atoms with van der Waals surface area (Å²) in [6.45, 7) is 9.61. The van der Waals surface area contributed by atoms with Crippen molar-refractivity contribution < 1.29 is 0 Å². The van der Waals surface area contributed by atoms with Crippen LogP contribution in [0.15, 0.2) is 0 Å². The molecule has 1 aliphatic carbocycles. The van der Waals surface area contributed by atoms with E-state index in [2.05, 4.69) is 27.7 Å². The van der Waals surface area contributed by atoms with Crippen molar-refractivity contribution in [3.8, 4) is 0 Å². The quantitative estimate of drug-likeness (QED) is 0.587. The fraction of sp³-hybridized carbons (Fsp3) is 1.00. The van der Waals surface area contributed by atoms with Gasteiger partial charge in [0.25, 0.3) is 0 Å². The number of rotatable bonds is 5. The fourth-order valence-corrected chi connectivity index (χ4v) is 3.45. The van der Waals surface area contributed by atoms with Crippen molar-refractivity contribution in [2.24, 2.45) is 23.7 Å². The zero-order valence-electron chi connectivity index (χ0n) is 10.6. The molecule has 0 heteroatoms. The molecule has 0 nitrogen and oxygen atoms in total. The topological polar surface area (TPSA) is 0 Å². The Balaban J connectivity index is 2.43. The Morgan fingerprint density at radius 1 is 1.14 bits per heavy atom. The maximum absolute atomic E-state index is 2.47. The molecule has 0 spiro atoms. The molecule has 1 saturated carbocycles. The van der Waals surface area contributed by atoms with Gasteiger partial charge in [0.15, 0.2) is 0 Å². The Morgan fingerprint density at radius 2 is 1.86 bits per heavy atom. The highest BCUT2D eigenvalue weighted by molar-refractivity contribution is 4.83. The van der Waals surface area contributed by atoms with E-state index in [4.69, 9.17) is 0 Å². The van der Waals surface area contributed by atoms with Crippen LogP contribution >= 0.6 is 0 Å². The lowest BCUT2D eigenvalue weighted by Crippen LogP contribution is -2.16. The lowest BCUT2D eigenvalue weighted by molar-refractivity contribution is 0.246. The Kier molecular flexibility index (Phi) is 4.98. The molecule has 84 valence electrons. The predicted molar refractivity (Wildman–Crippen MR) is 64.4 cm³/mol. The maximum atomic E-state index is 2.47. The van der Waals surface area contributed by atoms with E-state index in [1.165, 1.54) is 38.5 Å². The van der Waals surface area contributed by atoms with Crippen LogP contribution in [0.3, 0.4) is 0 Å². The second kappa shape index (κ2) is 5.78. The molecule has 0 radical (unpaired) electrons. The number of hydrogen-bond donors (Lipinski definition) is 0. The molecule has 1 fully saturated rings. The molecule has 0 saturated heterocycles. The molecule has 0 aromatic carbocycles. The van der Waals surface area contributed by atoms with E-state index >= 15 is 0 Å². The fourth-order valence-electron chi connectivity index (χ4n) is 3.45. The van der Waals surface area contributed by atoms with Gasteiger partial charge in [-0.3, -0.25) is 0 Å². The van der Waals surface area contributed by atoms with Gasteiger partial charge >= 0.3 is 0 Å². The summed E-state index contributed by atoms with van der Waals surface area (Å²) in [5.74, 6) is 4.05. The van der Waals surface area contributed by atoms with Gasteiger partial charge in [0.05, 0.1) is 0 Å². The van der Waals surface area contributed by atoms with Crippen LogP contribution in [0.1, 0.15) is 66.2 Å². The summed E-state index contributed by atoms with van der Waals surface area (Å²) in [4.78, 5) is 0.